The van der Waals surface area contributed by atoms with Gasteiger partial charge in [0.15, 0.2) is 0 Å². The minimum Gasteiger partial charge on any atom is -0.348 e. The molecule has 2 amide bonds. The van der Waals surface area contributed by atoms with Crippen LogP contribution in [-0.2, 0) is 9.63 Å². The predicted octanol–water partition coefficient (Wildman–Crippen LogP) is 0.497. The normalized spacial score (nSPS) is 10.8. The molecule has 0 bridgehead atoms. The van der Waals surface area contributed by atoms with E-state index in [1.54, 1.807) is 21.0 Å². The molecule has 6 nitrogen and oxygen atoms in total. The summed E-state index contributed by atoms with van der Waals surface area (Å²) >= 11 is 1.22. The van der Waals surface area contributed by atoms with Crippen molar-refractivity contribution in [2.75, 3.05) is 26.9 Å². The summed E-state index contributed by atoms with van der Waals surface area (Å²) in [7, 11) is 4.79. The first kappa shape index (κ1) is 13.8. The maximum Gasteiger partial charge on any atom is 0.433 e. The molecule has 0 spiro atoms. The quantitative estimate of drug-likeness (QED) is 0.333. The highest BCUT2D eigenvalue weighted by Crippen LogP contribution is 2.04. The number of rotatable bonds is 3. The maximum absolute atomic E-state index is 11.2. The maximum atomic E-state index is 11.2. The Kier molecular flexibility index (Phi) is 6.52. The third-order valence-corrected chi connectivity index (χ3v) is 2.25. The summed E-state index contributed by atoms with van der Waals surface area (Å²) in [5.41, 5.74) is 0. The van der Waals surface area contributed by atoms with Crippen LogP contribution in [0.3, 0.4) is 0 Å². The minimum atomic E-state index is -0.631. The SMILES string of the molecule is CNC(=O)O/N=C(/C)SCC(=O)N(C)C. The number of hydrogen-bond acceptors (Lipinski definition) is 5. The molecule has 0 aliphatic rings. The van der Waals surface area contributed by atoms with Crippen molar-refractivity contribution in [2.45, 2.75) is 6.92 Å². The van der Waals surface area contributed by atoms with Crippen LogP contribution in [0, 0.1) is 0 Å². The molecule has 0 heterocycles. The smallest absolute Gasteiger partial charge is 0.348 e. The Labute approximate surface area is 93.0 Å². The second kappa shape index (κ2) is 7.10. The highest BCUT2D eigenvalue weighted by Gasteiger charge is 2.05. The molecule has 0 saturated heterocycles. The molecule has 0 aromatic heterocycles. The zero-order chi connectivity index (χ0) is 11.8. The monoisotopic (exact) mass is 233 g/mol. The van der Waals surface area contributed by atoms with Crippen LogP contribution >= 0.6 is 11.8 Å². The van der Waals surface area contributed by atoms with Crippen molar-refractivity contribution in [3.05, 3.63) is 0 Å². The molecule has 0 rings (SSSR count). The van der Waals surface area contributed by atoms with Gasteiger partial charge in [-0.25, -0.2) is 4.79 Å². The molecular weight excluding hydrogens is 218 g/mol. The molecule has 0 aliphatic carbocycles. The Hall–Kier alpha value is -1.24. The molecule has 0 atom stereocenters. The van der Waals surface area contributed by atoms with E-state index >= 15 is 0 Å². The first-order chi connectivity index (χ1) is 6.97. The van der Waals surface area contributed by atoms with Gasteiger partial charge in [-0.05, 0) is 6.92 Å². The topological polar surface area (TPSA) is 71.0 Å². The number of oxime groups is 1. The largest absolute Gasteiger partial charge is 0.433 e. The van der Waals surface area contributed by atoms with Crippen molar-refractivity contribution >= 4 is 28.8 Å². The van der Waals surface area contributed by atoms with Crippen LogP contribution in [-0.4, -0.2) is 48.8 Å². The highest BCUT2D eigenvalue weighted by molar-refractivity contribution is 8.14. The van der Waals surface area contributed by atoms with E-state index in [-0.39, 0.29) is 11.7 Å². The summed E-state index contributed by atoms with van der Waals surface area (Å²) < 4.78 is 0. The summed E-state index contributed by atoms with van der Waals surface area (Å²) in [6.45, 7) is 1.66. The molecule has 0 radical (unpaired) electrons. The summed E-state index contributed by atoms with van der Waals surface area (Å²) in [5, 5.41) is 6.30. The Morgan fingerprint density at radius 1 is 1.47 bits per heavy atom. The molecule has 0 aromatic carbocycles. The number of carbonyl (C=O) groups is 2. The lowest BCUT2D eigenvalue weighted by Gasteiger charge is -2.08. The van der Waals surface area contributed by atoms with Crippen LogP contribution < -0.4 is 5.32 Å². The second-order valence-electron chi connectivity index (χ2n) is 2.82. The number of carbonyl (C=O) groups excluding carboxylic acids is 2. The predicted molar refractivity (Wildman–Crippen MR) is 59.8 cm³/mol. The van der Waals surface area contributed by atoms with Crippen molar-refractivity contribution < 1.29 is 14.4 Å². The zero-order valence-corrected chi connectivity index (χ0v) is 10.1. The zero-order valence-electron chi connectivity index (χ0n) is 9.23. The molecule has 7 heteroatoms. The molecule has 0 fully saturated rings. The lowest BCUT2D eigenvalue weighted by atomic mass is 10.6. The van der Waals surface area contributed by atoms with Crippen molar-refractivity contribution in [1.82, 2.24) is 10.2 Å². The van der Waals surface area contributed by atoms with E-state index in [0.29, 0.717) is 5.04 Å². The lowest BCUT2D eigenvalue weighted by Crippen LogP contribution is -2.24. The van der Waals surface area contributed by atoms with Gasteiger partial charge in [-0.15, -0.1) is 0 Å². The fourth-order valence-electron chi connectivity index (χ4n) is 0.473. The lowest BCUT2D eigenvalue weighted by molar-refractivity contribution is -0.125. The Balaban J connectivity index is 3.87. The van der Waals surface area contributed by atoms with Gasteiger partial charge in [-0.2, -0.15) is 0 Å². The van der Waals surface area contributed by atoms with Crippen LogP contribution in [0.2, 0.25) is 0 Å². The average Bonchev–Trinajstić information content (AvgIpc) is 2.21. The van der Waals surface area contributed by atoms with Gasteiger partial charge >= 0.3 is 6.09 Å². The van der Waals surface area contributed by atoms with Crippen LogP contribution in [0.25, 0.3) is 0 Å². The van der Waals surface area contributed by atoms with Gasteiger partial charge in [0.05, 0.1) is 5.75 Å². The fraction of sp³-hybridized carbons (Fsp3) is 0.625. The highest BCUT2D eigenvalue weighted by atomic mass is 32.2. The standard InChI is InChI=1S/C8H15N3O3S/c1-6(10-14-8(13)9-2)15-5-7(12)11(3)4/h5H2,1-4H3,(H,9,13)/b10-6-. The van der Waals surface area contributed by atoms with Gasteiger partial charge in [0.2, 0.25) is 5.91 Å². The van der Waals surface area contributed by atoms with Crippen LogP contribution in [0.5, 0.6) is 0 Å². The Bertz CT molecular complexity index is 266. The third kappa shape index (κ3) is 6.78. The summed E-state index contributed by atoms with van der Waals surface area (Å²) in [6, 6.07) is 0. The fourth-order valence-corrected chi connectivity index (χ4v) is 1.15. The first-order valence-corrected chi connectivity index (χ1v) is 5.22. The van der Waals surface area contributed by atoms with Gasteiger partial charge in [0, 0.05) is 21.1 Å². The van der Waals surface area contributed by atoms with E-state index in [1.165, 1.54) is 23.7 Å². The molecule has 0 unspecified atom stereocenters. The number of hydrogen-bond donors (Lipinski definition) is 1. The van der Waals surface area contributed by atoms with Crippen molar-refractivity contribution in [3.8, 4) is 0 Å². The number of thioether (sulfide) groups is 1. The van der Waals surface area contributed by atoms with Crippen LogP contribution in [0.4, 0.5) is 4.79 Å². The Morgan fingerprint density at radius 3 is 2.53 bits per heavy atom. The van der Waals surface area contributed by atoms with Crippen molar-refractivity contribution in [2.24, 2.45) is 5.16 Å². The summed E-state index contributed by atoms with van der Waals surface area (Å²) in [6.07, 6.45) is -0.631. The van der Waals surface area contributed by atoms with Crippen LogP contribution in [0.1, 0.15) is 6.92 Å². The molecular formula is C8H15N3O3S. The molecule has 0 aromatic rings. The second-order valence-corrected chi connectivity index (χ2v) is 3.98. The molecule has 0 saturated carbocycles. The van der Waals surface area contributed by atoms with Crippen molar-refractivity contribution in [3.63, 3.8) is 0 Å². The molecule has 1 N–H and O–H groups in total. The van der Waals surface area contributed by atoms with Gasteiger partial charge in [0.25, 0.3) is 0 Å². The molecule has 86 valence electrons. The van der Waals surface area contributed by atoms with E-state index in [4.69, 9.17) is 0 Å². The summed E-state index contributed by atoms with van der Waals surface area (Å²) in [5.74, 6) is 0.258. The van der Waals surface area contributed by atoms with E-state index < -0.39 is 6.09 Å². The average molecular weight is 233 g/mol. The third-order valence-electron chi connectivity index (χ3n) is 1.36. The number of amides is 2. The van der Waals surface area contributed by atoms with E-state index in [1.807, 2.05) is 0 Å². The van der Waals surface area contributed by atoms with Gasteiger partial charge < -0.3 is 10.2 Å². The van der Waals surface area contributed by atoms with E-state index in [9.17, 15) is 9.59 Å². The molecule has 15 heavy (non-hydrogen) atoms. The minimum absolute atomic E-state index is 0.0190. The van der Waals surface area contributed by atoms with Crippen molar-refractivity contribution in [1.29, 1.82) is 0 Å². The van der Waals surface area contributed by atoms with E-state index in [0.717, 1.165) is 0 Å². The summed E-state index contributed by atoms with van der Waals surface area (Å²) in [4.78, 5) is 27.7. The molecule has 0 aliphatic heterocycles. The van der Waals surface area contributed by atoms with Crippen LogP contribution in [0.15, 0.2) is 5.16 Å². The van der Waals surface area contributed by atoms with Gasteiger partial charge in [0.1, 0.15) is 5.04 Å². The Morgan fingerprint density at radius 2 is 2.07 bits per heavy atom. The van der Waals surface area contributed by atoms with E-state index in [2.05, 4.69) is 15.3 Å². The first-order valence-electron chi connectivity index (χ1n) is 4.23. The number of nitrogens with zero attached hydrogens (tertiary/aromatic N) is 2. The number of nitrogens with one attached hydrogen (secondary N) is 1. The van der Waals surface area contributed by atoms with Gasteiger partial charge in [-0.3, -0.25) is 9.63 Å². The van der Waals surface area contributed by atoms with Gasteiger partial charge in [-0.1, -0.05) is 16.9 Å².